The van der Waals surface area contributed by atoms with Crippen molar-refractivity contribution >= 4 is 0 Å². The molecule has 0 spiro atoms. The molecule has 1 aromatic heterocycles. The highest BCUT2D eigenvalue weighted by molar-refractivity contribution is 5.87. The largest absolute Gasteiger partial charge is 0.507 e. The van der Waals surface area contributed by atoms with Crippen LogP contribution < -0.4 is 9.47 Å². The van der Waals surface area contributed by atoms with Crippen molar-refractivity contribution < 1.29 is 27.8 Å². The van der Waals surface area contributed by atoms with Crippen molar-refractivity contribution in [1.29, 1.82) is 0 Å². The summed E-state index contributed by atoms with van der Waals surface area (Å²) >= 11 is 0. The molecule has 0 radical (unpaired) electrons. The van der Waals surface area contributed by atoms with Crippen molar-refractivity contribution in [2.45, 2.75) is 26.6 Å². The van der Waals surface area contributed by atoms with Gasteiger partial charge in [0, 0.05) is 22.8 Å². The van der Waals surface area contributed by atoms with Crippen molar-refractivity contribution in [3.8, 4) is 39.6 Å². The first kappa shape index (κ1) is 24.1. The second kappa shape index (κ2) is 9.66. The van der Waals surface area contributed by atoms with Gasteiger partial charge in [0.2, 0.25) is 0 Å². The monoisotopic (exact) mass is 480 g/mol. The van der Waals surface area contributed by atoms with Crippen molar-refractivity contribution in [2.24, 2.45) is 0 Å². The molecule has 1 N–H and O–H groups in total. The Morgan fingerprint density at radius 3 is 2.40 bits per heavy atom. The van der Waals surface area contributed by atoms with E-state index in [0.29, 0.717) is 5.75 Å². The molecule has 0 aliphatic heterocycles. The number of phenols is 1. The van der Waals surface area contributed by atoms with E-state index >= 15 is 0 Å². The summed E-state index contributed by atoms with van der Waals surface area (Å²) in [5.41, 5.74) is 1.95. The summed E-state index contributed by atoms with van der Waals surface area (Å²) in [6.45, 7) is 4.25. The van der Waals surface area contributed by atoms with Gasteiger partial charge in [-0.3, -0.25) is 0 Å². The van der Waals surface area contributed by atoms with Gasteiger partial charge in [-0.25, -0.2) is 9.97 Å². The number of alkyl halides is 3. The molecule has 1 heterocycles. The Bertz CT molecular complexity index is 1370. The van der Waals surface area contributed by atoms with Crippen LogP contribution in [-0.4, -0.2) is 22.2 Å². The quantitative estimate of drug-likeness (QED) is 0.331. The second-order valence-electron chi connectivity index (χ2n) is 8.04. The maximum absolute atomic E-state index is 13.9. The fourth-order valence-electron chi connectivity index (χ4n) is 3.83. The number of methoxy groups -OCH3 is 1. The van der Waals surface area contributed by atoms with Crippen LogP contribution in [0.3, 0.4) is 0 Å². The Balaban J connectivity index is 1.77. The Labute approximate surface area is 200 Å². The first-order valence-electron chi connectivity index (χ1n) is 10.8. The van der Waals surface area contributed by atoms with Crippen molar-refractivity contribution in [2.75, 3.05) is 7.11 Å². The highest BCUT2D eigenvalue weighted by Crippen LogP contribution is 2.45. The molecule has 4 rings (SSSR count). The predicted molar refractivity (Wildman–Crippen MR) is 126 cm³/mol. The average molecular weight is 480 g/mol. The van der Waals surface area contributed by atoms with Crippen molar-refractivity contribution in [1.82, 2.24) is 9.97 Å². The molecule has 0 saturated heterocycles. The number of hydrogen-bond acceptors (Lipinski definition) is 5. The molecule has 0 aliphatic carbocycles. The molecule has 4 aromatic rings. The maximum Gasteiger partial charge on any atom is 0.434 e. The minimum atomic E-state index is -4.75. The molecule has 180 valence electrons. The van der Waals surface area contributed by atoms with E-state index in [0.717, 1.165) is 23.0 Å². The Kier molecular flexibility index (Phi) is 6.64. The van der Waals surface area contributed by atoms with Crippen molar-refractivity contribution in [3.05, 3.63) is 89.4 Å². The molecule has 0 fully saturated rings. The van der Waals surface area contributed by atoms with Crippen LogP contribution in [0.2, 0.25) is 0 Å². The smallest absolute Gasteiger partial charge is 0.434 e. The number of phenolic OH excluding ortho intramolecular Hbond substituents is 1. The summed E-state index contributed by atoms with van der Waals surface area (Å²) in [7, 11) is 1.37. The molecule has 8 heteroatoms. The number of rotatable bonds is 6. The number of benzene rings is 3. The van der Waals surface area contributed by atoms with Gasteiger partial charge in [-0.15, -0.1) is 0 Å². The number of ether oxygens (including phenoxy) is 2. The molecular formula is C27H23F3N2O3. The van der Waals surface area contributed by atoms with Gasteiger partial charge in [-0.1, -0.05) is 42.0 Å². The van der Waals surface area contributed by atoms with E-state index in [1.54, 1.807) is 24.3 Å². The number of aromatic hydroxyl groups is 1. The highest BCUT2D eigenvalue weighted by atomic mass is 19.4. The second-order valence-corrected chi connectivity index (χ2v) is 8.04. The van der Waals surface area contributed by atoms with Crippen LogP contribution in [0.15, 0.2) is 67.0 Å². The van der Waals surface area contributed by atoms with Gasteiger partial charge in [0.05, 0.1) is 12.8 Å². The minimum absolute atomic E-state index is 0.0737. The van der Waals surface area contributed by atoms with Gasteiger partial charge in [-0.2, -0.15) is 13.2 Å². The first-order chi connectivity index (χ1) is 16.7. The van der Waals surface area contributed by atoms with Gasteiger partial charge in [0.25, 0.3) is 0 Å². The lowest BCUT2D eigenvalue weighted by Gasteiger charge is -2.18. The fraction of sp³-hybridized carbons (Fsp3) is 0.185. The standard InChI is InChI=1S/C27H23F3N2O3/c1-16-8-9-17(2)18(12-16)14-35-19-10-11-20(22(33)13-19)25-24(21-6-4-5-7-23(21)34-3)26(27(28,29)30)32-15-31-25/h4-13,15,33H,14H2,1-3H3. The Hall–Kier alpha value is -4.07. The van der Waals surface area contributed by atoms with E-state index in [9.17, 15) is 18.3 Å². The SMILES string of the molecule is COc1ccccc1-c1c(-c2ccc(OCc3cc(C)ccc3C)cc2O)ncnc1C(F)(F)F. The van der Waals surface area contributed by atoms with Crippen LogP contribution >= 0.6 is 0 Å². The fourth-order valence-corrected chi connectivity index (χ4v) is 3.83. The van der Waals surface area contributed by atoms with Crippen LogP contribution in [-0.2, 0) is 12.8 Å². The molecule has 0 unspecified atom stereocenters. The zero-order chi connectivity index (χ0) is 25.2. The number of hydrogen-bond donors (Lipinski definition) is 1. The van der Waals surface area contributed by atoms with E-state index in [2.05, 4.69) is 9.97 Å². The number of aryl methyl sites for hydroxylation is 2. The average Bonchev–Trinajstić information content (AvgIpc) is 2.83. The third kappa shape index (κ3) is 5.06. The first-order valence-corrected chi connectivity index (χ1v) is 10.8. The van der Waals surface area contributed by atoms with E-state index in [1.807, 2.05) is 32.0 Å². The van der Waals surface area contributed by atoms with E-state index in [1.165, 1.54) is 25.3 Å². The zero-order valence-corrected chi connectivity index (χ0v) is 19.3. The summed E-state index contributed by atoms with van der Waals surface area (Å²) in [6.07, 6.45) is -3.92. The van der Waals surface area contributed by atoms with Crippen LogP contribution in [0.1, 0.15) is 22.4 Å². The lowest BCUT2D eigenvalue weighted by Crippen LogP contribution is -2.12. The Morgan fingerprint density at radius 1 is 0.914 bits per heavy atom. The van der Waals surface area contributed by atoms with Gasteiger partial charge >= 0.3 is 6.18 Å². The van der Waals surface area contributed by atoms with E-state index in [-0.39, 0.29) is 40.5 Å². The third-order valence-corrected chi connectivity index (χ3v) is 5.62. The van der Waals surface area contributed by atoms with Crippen LogP contribution in [0.25, 0.3) is 22.4 Å². The lowest BCUT2D eigenvalue weighted by atomic mass is 9.96. The van der Waals surface area contributed by atoms with Gasteiger partial charge in [-0.05, 0) is 43.2 Å². The molecule has 3 aromatic carbocycles. The summed E-state index contributed by atoms with van der Waals surface area (Å²) in [5.74, 6) is 0.324. The molecule has 0 saturated carbocycles. The minimum Gasteiger partial charge on any atom is -0.507 e. The molecular weight excluding hydrogens is 457 g/mol. The molecule has 0 atom stereocenters. The van der Waals surface area contributed by atoms with Gasteiger partial charge in [0.1, 0.15) is 30.2 Å². The number of aromatic nitrogens is 2. The van der Waals surface area contributed by atoms with Gasteiger partial charge < -0.3 is 14.6 Å². The van der Waals surface area contributed by atoms with Crippen molar-refractivity contribution in [3.63, 3.8) is 0 Å². The molecule has 5 nitrogen and oxygen atoms in total. The van der Waals surface area contributed by atoms with Crippen LogP contribution in [0, 0.1) is 13.8 Å². The number of para-hydroxylation sites is 1. The summed E-state index contributed by atoms with van der Waals surface area (Å²) in [4.78, 5) is 7.63. The van der Waals surface area contributed by atoms with Crippen LogP contribution in [0.4, 0.5) is 13.2 Å². The highest BCUT2D eigenvalue weighted by Gasteiger charge is 2.38. The summed E-state index contributed by atoms with van der Waals surface area (Å²) in [5, 5.41) is 10.8. The maximum atomic E-state index is 13.9. The van der Waals surface area contributed by atoms with Gasteiger partial charge in [0.15, 0.2) is 5.69 Å². The Morgan fingerprint density at radius 2 is 1.69 bits per heavy atom. The normalized spacial score (nSPS) is 11.4. The molecule has 35 heavy (non-hydrogen) atoms. The summed E-state index contributed by atoms with van der Waals surface area (Å²) in [6, 6.07) is 16.8. The van der Waals surface area contributed by atoms with E-state index in [4.69, 9.17) is 9.47 Å². The number of halogens is 3. The molecule has 0 bridgehead atoms. The molecule has 0 amide bonds. The zero-order valence-electron chi connectivity index (χ0n) is 19.3. The topological polar surface area (TPSA) is 64.5 Å². The predicted octanol–water partition coefficient (Wildman–Crippen LogP) is 6.74. The third-order valence-electron chi connectivity index (χ3n) is 5.62. The number of nitrogens with zero attached hydrogens (tertiary/aromatic N) is 2. The molecule has 0 aliphatic rings. The van der Waals surface area contributed by atoms with Crippen LogP contribution in [0.5, 0.6) is 17.2 Å². The van der Waals surface area contributed by atoms with E-state index < -0.39 is 11.9 Å². The summed E-state index contributed by atoms with van der Waals surface area (Å²) < 4.78 is 52.9. The lowest BCUT2D eigenvalue weighted by molar-refractivity contribution is -0.140.